The predicted molar refractivity (Wildman–Crippen MR) is 117 cm³/mol. The van der Waals surface area contributed by atoms with E-state index in [-0.39, 0.29) is 36.6 Å². The van der Waals surface area contributed by atoms with Crippen molar-refractivity contribution in [3.63, 3.8) is 0 Å². The molecule has 0 saturated carbocycles. The van der Waals surface area contributed by atoms with Crippen LogP contribution in [0.25, 0.3) is 11.0 Å². The zero-order valence-corrected chi connectivity index (χ0v) is 20.6. The van der Waals surface area contributed by atoms with Gasteiger partial charge in [-0.3, -0.25) is 4.57 Å². The fourth-order valence-corrected chi connectivity index (χ4v) is 5.75. The number of hydrogen-bond acceptors (Lipinski definition) is 9. The van der Waals surface area contributed by atoms with E-state index in [1.165, 1.54) is 0 Å². The molecule has 0 aliphatic carbocycles. The lowest BCUT2D eigenvalue weighted by atomic mass is 10.1. The van der Waals surface area contributed by atoms with E-state index in [9.17, 15) is 4.57 Å². The Morgan fingerprint density at radius 1 is 1.16 bits per heavy atom. The van der Waals surface area contributed by atoms with Gasteiger partial charge in [-0.15, -0.1) is 0 Å². The molecule has 0 radical (unpaired) electrons. The second-order valence-corrected chi connectivity index (χ2v) is 10.5. The van der Waals surface area contributed by atoms with Crippen molar-refractivity contribution < 1.29 is 32.6 Å². The van der Waals surface area contributed by atoms with E-state index in [0.29, 0.717) is 11.0 Å². The van der Waals surface area contributed by atoms with Gasteiger partial charge in [0, 0.05) is 6.20 Å². The minimum Gasteiger partial charge on any atom is -0.366 e. The standard InChI is InChI=1S/C19H26Cl2N3O7P/c1-5-27-32(25,28-6-2)10-26-9-12-13-14(31-19(3,4)30-13)17(29-12)24-8-7-11-15(20)22-18(21)23-16(11)24/h7-8,12-14,17H,5-6,9-10H2,1-4H3/t12-,13-,14-,17-/m1/s1. The number of rotatable bonds is 9. The molecule has 10 nitrogen and oxygen atoms in total. The third kappa shape index (κ3) is 4.85. The summed E-state index contributed by atoms with van der Waals surface area (Å²) in [5.41, 5.74) is 0.519. The minimum absolute atomic E-state index is 0.0309. The van der Waals surface area contributed by atoms with Crippen LogP contribution >= 0.6 is 30.8 Å². The lowest BCUT2D eigenvalue weighted by Crippen LogP contribution is -2.33. The van der Waals surface area contributed by atoms with Crippen LogP contribution in [0.3, 0.4) is 0 Å². The Labute approximate surface area is 195 Å². The van der Waals surface area contributed by atoms with Crippen molar-refractivity contribution in [2.75, 3.05) is 26.2 Å². The van der Waals surface area contributed by atoms with Gasteiger partial charge in [-0.25, -0.2) is 4.98 Å². The highest BCUT2D eigenvalue weighted by molar-refractivity contribution is 7.53. The molecule has 4 rings (SSSR count). The highest BCUT2D eigenvalue weighted by Crippen LogP contribution is 2.49. The molecule has 2 fully saturated rings. The van der Waals surface area contributed by atoms with Gasteiger partial charge in [0.05, 0.1) is 25.2 Å². The first-order valence-electron chi connectivity index (χ1n) is 10.3. The van der Waals surface area contributed by atoms with Gasteiger partial charge in [-0.05, 0) is 45.4 Å². The number of fused-ring (bicyclic) bond motifs is 2. The molecule has 4 heterocycles. The van der Waals surface area contributed by atoms with Gasteiger partial charge in [0.1, 0.15) is 35.5 Å². The maximum absolute atomic E-state index is 12.7. The third-order valence-electron chi connectivity index (χ3n) is 5.08. The van der Waals surface area contributed by atoms with Crippen molar-refractivity contribution in [3.8, 4) is 0 Å². The fraction of sp³-hybridized carbons (Fsp3) is 0.684. The molecule has 0 aromatic carbocycles. The van der Waals surface area contributed by atoms with Crippen molar-refractivity contribution in [2.24, 2.45) is 0 Å². The molecule has 0 unspecified atom stereocenters. The Balaban J connectivity index is 1.54. The van der Waals surface area contributed by atoms with E-state index < -0.39 is 37.9 Å². The first-order chi connectivity index (χ1) is 15.2. The van der Waals surface area contributed by atoms with Gasteiger partial charge in [-0.2, -0.15) is 4.98 Å². The van der Waals surface area contributed by atoms with Crippen molar-refractivity contribution in [3.05, 3.63) is 22.7 Å². The molecular formula is C19H26Cl2N3O7P. The smallest absolute Gasteiger partial charge is 0.356 e. The van der Waals surface area contributed by atoms with Crippen molar-refractivity contribution in [2.45, 2.75) is 58.0 Å². The molecule has 2 aromatic rings. The van der Waals surface area contributed by atoms with Crippen LogP contribution in [0, 0.1) is 0 Å². The molecule has 2 aliphatic heterocycles. The van der Waals surface area contributed by atoms with Gasteiger partial charge in [0.25, 0.3) is 0 Å². The SMILES string of the molecule is CCOP(=O)(COC[C@H]1O[C@@H](n2ccc3c(Cl)nc(Cl)nc32)[C@@H]2OC(C)(C)O[C@@H]21)OCC. The normalized spacial score (nSPS) is 27.3. The Bertz CT molecular complexity index is 1010. The van der Waals surface area contributed by atoms with E-state index in [2.05, 4.69) is 9.97 Å². The molecule has 32 heavy (non-hydrogen) atoms. The van der Waals surface area contributed by atoms with Gasteiger partial charge >= 0.3 is 7.60 Å². The summed E-state index contributed by atoms with van der Waals surface area (Å²) in [6.45, 7) is 7.78. The third-order valence-corrected chi connectivity index (χ3v) is 7.34. The molecule has 178 valence electrons. The van der Waals surface area contributed by atoms with Crippen LogP contribution in [-0.4, -0.2) is 64.8 Å². The van der Waals surface area contributed by atoms with Crippen LogP contribution in [0.1, 0.15) is 33.9 Å². The number of hydrogen-bond donors (Lipinski definition) is 0. The van der Waals surface area contributed by atoms with E-state index in [0.717, 1.165) is 0 Å². The number of nitrogens with zero attached hydrogens (tertiary/aromatic N) is 3. The second-order valence-electron chi connectivity index (χ2n) is 7.82. The summed E-state index contributed by atoms with van der Waals surface area (Å²) in [4.78, 5) is 8.29. The summed E-state index contributed by atoms with van der Waals surface area (Å²) in [6, 6.07) is 1.79. The molecule has 4 atom stereocenters. The second kappa shape index (κ2) is 9.44. The summed E-state index contributed by atoms with van der Waals surface area (Å²) in [6.07, 6.45) is -0.314. The zero-order valence-electron chi connectivity index (χ0n) is 18.2. The number of ether oxygens (including phenoxy) is 4. The van der Waals surface area contributed by atoms with Crippen LogP contribution in [0.5, 0.6) is 0 Å². The van der Waals surface area contributed by atoms with E-state index in [1.54, 1.807) is 30.7 Å². The van der Waals surface area contributed by atoms with E-state index >= 15 is 0 Å². The average Bonchev–Trinajstić information content (AvgIpc) is 3.34. The largest absolute Gasteiger partial charge is 0.366 e. The molecule has 0 N–H and O–H groups in total. The molecule has 0 bridgehead atoms. The van der Waals surface area contributed by atoms with Gasteiger partial charge in [-0.1, -0.05) is 11.6 Å². The van der Waals surface area contributed by atoms with E-state index in [4.69, 9.17) is 51.2 Å². The Kier molecular flexibility index (Phi) is 7.18. The maximum atomic E-state index is 12.7. The van der Waals surface area contributed by atoms with Gasteiger partial charge in [0.2, 0.25) is 5.28 Å². The predicted octanol–water partition coefficient (Wildman–Crippen LogP) is 4.40. The average molecular weight is 510 g/mol. The van der Waals surface area contributed by atoms with Crippen molar-refractivity contribution in [1.82, 2.24) is 14.5 Å². The summed E-state index contributed by atoms with van der Waals surface area (Å²) >= 11 is 12.2. The topological polar surface area (TPSA) is 103 Å². The molecular weight excluding hydrogens is 484 g/mol. The molecule has 2 aromatic heterocycles. The summed E-state index contributed by atoms with van der Waals surface area (Å²) in [5, 5.41) is 0.923. The quantitative estimate of drug-likeness (QED) is 0.276. The monoisotopic (exact) mass is 509 g/mol. The Hall–Kier alpha value is -0.810. The maximum Gasteiger partial charge on any atom is 0.356 e. The van der Waals surface area contributed by atoms with Crippen LogP contribution < -0.4 is 0 Å². The van der Waals surface area contributed by atoms with Gasteiger partial charge < -0.3 is 32.6 Å². The lowest BCUT2D eigenvalue weighted by molar-refractivity contribution is -0.201. The molecule has 0 spiro atoms. The van der Waals surface area contributed by atoms with Crippen molar-refractivity contribution in [1.29, 1.82) is 0 Å². The first kappa shape index (κ1) is 24.3. The number of halogens is 2. The fourth-order valence-electron chi connectivity index (χ4n) is 3.98. The van der Waals surface area contributed by atoms with Crippen LogP contribution in [0.4, 0.5) is 0 Å². The van der Waals surface area contributed by atoms with Crippen LogP contribution in [-0.2, 0) is 32.6 Å². The number of aromatic nitrogens is 3. The Morgan fingerprint density at radius 2 is 1.84 bits per heavy atom. The Morgan fingerprint density at radius 3 is 2.53 bits per heavy atom. The highest BCUT2D eigenvalue weighted by Gasteiger charge is 2.56. The first-order valence-corrected chi connectivity index (χ1v) is 12.8. The minimum atomic E-state index is -3.34. The highest BCUT2D eigenvalue weighted by atomic mass is 35.5. The van der Waals surface area contributed by atoms with Crippen molar-refractivity contribution >= 4 is 41.8 Å². The van der Waals surface area contributed by atoms with E-state index in [1.807, 2.05) is 13.8 Å². The molecule has 2 aliphatic rings. The summed E-state index contributed by atoms with van der Waals surface area (Å²) in [7, 11) is -3.34. The van der Waals surface area contributed by atoms with Crippen LogP contribution in [0.2, 0.25) is 10.4 Å². The molecule has 13 heteroatoms. The summed E-state index contributed by atoms with van der Waals surface area (Å²) < 4.78 is 49.2. The van der Waals surface area contributed by atoms with Crippen LogP contribution in [0.15, 0.2) is 12.3 Å². The molecule has 2 saturated heterocycles. The lowest BCUT2D eigenvalue weighted by Gasteiger charge is -2.25. The summed E-state index contributed by atoms with van der Waals surface area (Å²) in [5.74, 6) is -0.811. The van der Waals surface area contributed by atoms with Gasteiger partial charge in [0.15, 0.2) is 12.0 Å². The zero-order chi connectivity index (χ0) is 23.1. The molecule has 0 amide bonds.